The highest BCUT2D eigenvalue weighted by atomic mass is 35.5. The van der Waals surface area contributed by atoms with Gasteiger partial charge in [0.15, 0.2) is 5.16 Å². The number of aromatic amines is 1. The van der Waals surface area contributed by atoms with Crippen LogP contribution in [0.5, 0.6) is 0 Å². The van der Waals surface area contributed by atoms with Gasteiger partial charge in [0, 0.05) is 28.5 Å². The zero-order valence-electron chi connectivity index (χ0n) is 12.5. The van der Waals surface area contributed by atoms with Crippen LogP contribution >= 0.6 is 35.1 Å². The van der Waals surface area contributed by atoms with Gasteiger partial charge >= 0.3 is 6.03 Å². The Balaban J connectivity index is 1.47. The van der Waals surface area contributed by atoms with Gasteiger partial charge in [-0.2, -0.15) is 0 Å². The van der Waals surface area contributed by atoms with Crippen molar-refractivity contribution >= 4 is 52.2 Å². The van der Waals surface area contributed by atoms with Gasteiger partial charge in [-0.05, 0) is 36.2 Å². The molecule has 124 valence electrons. The van der Waals surface area contributed by atoms with Gasteiger partial charge in [-0.1, -0.05) is 41.4 Å². The van der Waals surface area contributed by atoms with Crippen molar-refractivity contribution in [1.29, 1.82) is 0 Å². The summed E-state index contributed by atoms with van der Waals surface area (Å²) in [6.07, 6.45) is 0.557. The third-order valence-electron chi connectivity index (χ3n) is 3.33. The van der Waals surface area contributed by atoms with E-state index in [-0.39, 0.29) is 6.03 Å². The molecule has 0 fully saturated rings. The Labute approximate surface area is 153 Å². The average Bonchev–Trinajstić information content (AvgIpc) is 2.98. The lowest BCUT2D eigenvalue weighted by Crippen LogP contribution is -2.32. The third-order valence-corrected chi connectivity index (χ3v) is 4.71. The summed E-state index contributed by atoms with van der Waals surface area (Å²) in [5, 5.41) is 4.58. The zero-order chi connectivity index (χ0) is 16.9. The molecule has 0 bridgehead atoms. The van der Waals surface area contributed by atoms with Crippen LogP contribution in [-0.4, -0.2) is 22.5 Å². The molecule has 2 amide bonds. The van der Waals surface area contributed by atoms with Crippen LogP contribution < -0.4 is 10.0 Å². The molecule has 0 aliphatic heterocycles. The Morgan fingerprint density at radius 1 is 1.12 bits per heavy atom. The number of nitrogens with one attached hydrogen (secondary N) is 3. The lowest BCUT2D eigenvalue weighted by molar-refractivity contribution is 0.246. The molecular weight excluding hydrogens is 367 g/mol. The number of hydrogen-bond acceptors (Lipinski definition) is 3. The topological polar surface area (TPSA) is 69.8 Å². The summed E-state index contributed by atoms with van der Waals surface area (Å²) < 4.78 is 2.68. The highest BCUT2D eigenvalue weighted by Crippen LogP contribution is 2.24. The van der Waals surface area contributed by atoms with E-state index in [1.54, 1.807) is 18.2 Å². The summed E-state index contributed by atoms with van der Waals surface area (Å²) in [4.78, 5) is 19.3. The van der Waals surface area contributed by atoms with Crippen LogP contribution in [0.4, 0.5) is 4.79 Å². The maximum atomic E-state index is 11.8. The molecule has 8 heteroatoms. The zero-order valence-corrected chi connectivity index (χ0v) is 14.8. The molecule has 1 aromatic heterocycles. The predicted octanol–water partition coefficient (Wildman–Crippen LogP) is 4.42. The monoisotopic (exact) mass is 380 g/mol. The smallest absolute Gasteiger partial charge is 0.325 e. The molecule has 0 spiro atoms. The molecule has 0 saturated heterocycles. The average molecular weight is 381 g/mol. The number of rotatable bonds is 5. The number of carbonyl (C=O) groups is 1. The van der Waals surface area contributed by atoms with E-state index in [4.69, 9.17) is 23.2 Å². The van der Waals surface area contributed by atoms with E-state index in [0.717, 1.165) is 28.5 Å². The van der Waals surface area contributed by atoms with E-state index < -0.39 is 0 Å². The number of H-pyrrole nitrogens is 1. The van der Waals surface area contributed by atoms with Crippen LogP contribution in [0.25, 0.3) is 11.0 Å². The van der Waals surface area contributed by atoms with Gasteiger partial charge < -0.3 is 10.3 Å². The van der Waals surface area contributed by atoms with Crippen LogP contribution in [0.3, 0.4) is 0 Å². The summed E-state index contributed by atoms with van der Waals surface area (Å²) in [5.74, 6) is 0. The number of imidazole rings is 1. The van der Waals surface area contributed by atoms with Crippen molar-refractivity contribution < 1.29 is 4.79 Å². The Hall–Kier alpha value is -1.89. The standard InChI is InChI=1S/C16H14Cl2N4OS/c17-11-4-3-5-12(18)10(11)8-9-19-15(23)22-24-16-20-13-6-1-2-7-14(13)21-16/h1-7H,8-9H2,(H,20,21)(H2,19,22,23). The number of carbonyl (C=O) groups excluding carboxylic acids is 1. The molecule has 0 atom stereocenters. The molecule has 0 saturated carbocycles. The minimum absolute atomic E-state index is 0.302. The van der Waals surface area contributed by atoms with Crippen molar-refractivity contribution in [2.45, 2.75) is 11.6 Å². The molecule has 2 aromatic carbocycles. The summed E-state index contributed by atoms with van der Waals surface area (Å²) in [7, 11) is 0. The molecule has 0 aliphatic carbocycles. The molecule has 3 rings (SSSR count). The minimum atomic E-state index is -0.302. The van der Waals surface area contributed by atoms with E-state index >= 15 is 0 Å². The lowest BCUT2D eigenvalue weighted by atomic mass is 10.1. The quantitative estimate of drug-likeness (QED) is 0.573. The molecule has 5 nitrogen and oxygen atoms in total. The van der Waals surface area contributed by atoms with Crippen molar-refractivity contribution in [3.8, 4) is 0 Å². The molecular formula is C16H14Cl2N4OS. The fourth-order valence-corrected chi connectivity index (χ4v) is 3.33. The van der Waals surface area contributed by atoms with Crippen molar-refractivity contribution in [3.63, 3.8) is 0 Å². The van der Waals surface area contributed by atoms with Crippen molar-refractivity contribution in [3.05, 3.63) is 58.1 Å². The Kier molecular flexibility index (Phi) is 5.50. The molecule has 3 N–H and O–H groups in total. The van der Waals surface area contributed by atoms with Gasteiger partial charge in [0.1, 0.15) is 0 Å². The van der Waals surface area contributed by atoms with Gasteiger partial charge in [-0.25, -0.2) is 9.78 Å². The normalized spacial score (nSPS) is 10.8. The molecule has 0 aliphatic rings. The maximum absolute atomic E-state index is 11.8. The predicted molar refractivity (Wildman–Crippen MR) is 98.7 cm³/mol. The number of fused-ring (bicyclic) bond motifs is 1. The number of aromatic nitrogens is 2. The first-order valence-corrected chi connectivity index (χ1v) is 8.79. The third kappa shape index (κ3) is 4.14. The van der Waals surface area contributed by atoms with Crippen LogP contribution in [0.15, 0.2) is 47.6 Å². The Morgan fingerprint density at radius 3 is 2.62 bits per heavy atom. The molecule has 24 heavy (non-hydrogen) atoms. The van der Waals surface area contributed by atoms with E-state index in [1.165, 1.54) is 0 Å². The summed E-state index contributed by atoms with van der Waals surface area (Å²) in [6, 6.07) is 12.7. The Bertz CT molecular complexity index is 815. The number of hydrogen-bond donors (Lipinski definition) is 3. The van der Waals surface area contributed by atoms with Gasteiger partial charge in [0.2, 0.25) is 0 Å². The number of para-hydroxylation sites is 2. The van der Waals surface area contributed by atoms with Crippen LogP contribution in [0.2, 0.25) is 10.0 Å². The molecule has 3 aromatic rings. The number of urea groups is 1. The highest BCUT2D eigenvalue weighted by Gasteiger charge is 2.08. The largest absolute Gasteiger partial charge is 0.337 e. The number of benzene rings is 2. The second-order valence-electron chi connectivity index (χ2n) is 4.97. The van der Waals surface area contributed by atoms with E-state index in [9.17, 15) is 4.79 Å². The van der Waals surface area contributed by atoms with E-state index in [2.05, 4.69) is 20.0 Å². The number of amides is 2. The van der Waals surface area contributed by atoms with Crippen LogP contribution in [0.1, 0.15) is 5.56 Å². The fraction of sp³-hybridized carbons (Fsp3) is 0.125. The SMILES string of the molecule is O=C(NCCc1c(Cl)cccc1Cl)NSc1nc2ccccc2[nH]1. The number of halogens is 2. The first-order chi connectivity index (χ1) is 11.6. The summed E-state index contributed by atoms with van der Waals surface area (Å²) in [5.41, 5.74) is 2.61. The summed E-state index contributed by atoms with van der Waals surface area (Å²) >= 11 is 13.3. The van der Waals surface area contributed by atoms with Crippen molar-refractivity contribution in [2.24, 2.45) is 0 Å². The highest BCUT2D eigenvalue weighted by molar-refractivity contribution is 7.97. The first-order valence-electron chi connectivity index (χ1n) is 7.22. The van der Waals surface area contributed by atoms with Crippen molar-refractivity contribution in [2.75, 3.05) is 6.54 Å². The second kappa shape index (κ2) is 7.79. The Morgan fingerprint density at radius 2 is 1.88 bits per heavy atom. The minimum Gasteiger partial charge on any atom is -0.337 e. The van der Waals surface area contributed by atoms with Crippen LogP contribution in [-0.2, 0) is 6.42 Å². The van der Waals surface area contributed by atoms with Gasteiger partial charge in [-0.3, -0.25) is 4.72 Å². The lowest BCUT2D eigenvalue weighted by Gasteiger charge is -2.08. The summed E-state index contributed by atoms with van der Waals surface area (Å²) in [6.45, 7) is 0.427. The number of nitrogens with zero attached hydrogens (tertiary/aromatic N) is 1. The second-order valence-corrected chi connectivity index (χ2v) is 6.58. The first kappa shape index (κ1) is 17.0. The molecule has 0 unspecified atom stereocenters. The van der Waals surface area contributed by atoms with Gasteiger partial charge in [0.25, 0.3) is 0 Å². The molecule has 0 radical (unpaired) electrons. The molecule has 1 heterocycles. The van der Waals surface area contributed by atoms with E-state index in [0.29, 0.717) is 28.2 Å². The van der Waals surface area contributed by atoms with Gasteiger partial charge in [-0.15, -0.1) is 0 Å². The van der Waals surface area contributed by atoms with Gasteiger partial charge in [0.05, 0.1) is 11.0 Å². The van der Waals surface area contributed by atoms with Crippen LogP contribution in [0, 0.1) is 0 Å². The van der Waals surface area contributed by atoms with Crippen molar-refractivity contribution in [1.82, 2.24) is 20.0 Å². The maximum Gasteiger partial charge on any atom is 0.325 e. The fourth-order valence-electron chi connectivity index (χ4n) is 2.18. The van der Waals surface area contributed by atoms with E-state index in [1.807, 2.05) is 24.3 Å².